The number of carbonyl (C=O) groups is 1. The Hall–Kier alpha value is -1.84. The highest BCUT2D eigenvalue weighted by Gasteiger charge is 2.17. The number of nitrogens with zero attached hydrogens (tertiary/aromatic N) is 2. The highest BCUT2D eigenvalue weighted by Crippen LogP contribution is 2.14. The number of carbonyl (C=O) groups excluding carboxylic acids is 1. The zero-order valence-corrected chi connectivity index (χ0v) is 12.4. The molecule has 0 unspecified atom stereocenters. The SMILES string of the molecule is CCCCCNC(=O)c1c(CCC)nc2ccccn12. The Bertz CT molecular complexity index is 574. The smallest absolute Gasteiger partial charge is 0.270 e. The van der Waals surface area contributed by atoms with Gasteiger partial charge in [0.15, 0.2) is 0 Å². The molecule has 0 bridgehead atoms. The zero-order valence-electron chi connectivity index (χ0n) is 12.4. The minimum Gasteiger partial charge on any atom is -0.351 e. The molecule has 0 aliphatic carbocycles. The summed E-state index contributed by atoms with van der Waals surface area (Å²) >= 11 is 0. The number of imidazole rings is 1. The quantitative estimate of drug-likeness (QED) is 0.787. The van der Waals surface area contributed by atoms with Gasteiger partial charge in [0.05, 0.1) is 5.69 Å². The van der Waals surface area contributed by atoms with E-state index in [0.717, 1.165) is 50.0 Å². The summed E-state index contributed by atoms with van der Waals surface area (Å²) in [6.45, 7) is 5.00. The van der Waals surface area contributed by atoms with Crippen molar-refractivity contribution in [3.8, 4) is 0 Å². The van der Waals surface area contributed by atoms with Crippen molar-refractivity contribution in [3.63, 3.8) is 0 Å². The van der Waals surface area contributed by atoms with Crippen LogP contribution in [-0.4, -0.2) is 21.8 Å². The predicted octanol–water partition coefficient (Wildman–Crippen LogP) is 3.21. The van der Waals surface area contributed by atoms with Gasteiger partial charge >= 0.3 is 0 Å². The van der Waals surface area contributed by atoms with E-state index in [1.54, 1.807) is 0 Å². The van der Waals surface area contributed by atoms with Crippen LogP contribution in [0.2, 0.25) is 0 Å². The van der Waals surface area contributed by atoms with Crippen LogP contribution in [0, 0.1) is 0 Å². The van der Waals surface area contributed by atoms with Gasteiger partial charge < -0.3 is 5.32 Å². The van der Waals surface area contributed by atoms with Gasteiger partial charge in [0.1, 0.15) is 11.3 Å². The first kappa shape index (κ1) is 14.6. The lowest BCUT2D eigenvalue weighted by Crippen LogP contribution is -2.26. The van der Waals surface area contributed by atoms with Crippen LogP contribution < -0.4 is 5.32 Å². The third kappa shape index (κ3) is 3.18. The molecule has 2 aromatic rings. The van der Waals surface area contributed by atoms with Crippen LogP contribution in [0.25, 0.3) is 5.65 Å². The molecule has 0 saturated heterocycles. The van der Waals surface area contributed by atoms with Crippen molar-refractivity contribution in [2.45, 2.75) is 46.0 Å². The Balaban J connectivity index is 2.21. The Morgan fingerprint density at radius 1 is 1.25 bits per heavy atom. The van der Waals surface area contributed by atoms with Crippen molar-refractivity contribution in [2.75, 3.05) is 6.54 Å². The van der Waals surface area contributed by atoms with E-state index in [0.29, 0.717) is 5.69 Å². The van der Waals surface area contributed by atoms with Crippen LogP contribution in [-0.2, 0) is 6.42 Å². The van der Waals surface area contributed by atoms with Crippen molar-refractivity contribution in [1.29, 1.82) is 0 Å². The number of amides is 1. The van der Waals surface area contributed by atoms with E-state index in [9.17, 15) is 4.79 Å². The molecular weight excluding hydrogens is 250 g/mol. The van der Waals surface area contributed by atoms with E-state index < -0.39 is 0 Å². The first-order valence-corrected chi connectivity index (χ1v) is 7.52. The Labute approximate surface area is 120 Å². The minimum absolute atomic E-state index is 0.0109. The normalized spacial score (nSPS) is 10.9. The summed E-state index contributed by atoms with van der Waals surface area (Å²) in [6, 6.07) is 5.81. The van der Waals surface area contributed by atoms with Crippen molar-refractivity contribution in [1.82, 2.24) is 14.7 Å². The number of aromatic nitrogens is 2. The second-order valence-electron chi connectivity index (χ2n) is 5.05. The molecule has 0 spiro atoms. The molecule has 0 aliphatic rings. The van der Waals surface area contributed by atoms with E-state index in [1.165, 1.54) is 0 Å². The second kappa shape index (κ2) is 7.08. The fourth-order valence-electron chi connectivity index (χ4n) is 2.36. The lowest BCUT2D eigenvalue weighted by Gasteiger charge is -2.06. The van der Waals surface area contributed by atoms with Gasteiger partial charge in [-0.25, -0.2) is 4.98 Å². The number of nitrogens with one attached hydrogen (secondary N) is 1. The molecule has 0 atom stereocenters. The maximum atomic E-state index is 12.4. The highest BCUT2D eigenvalue weighted by atomic mass is 16.1. The molecule has 108 valence electrons. The monoisotopic (exact) mass is 273 g/mol. The molecule has 1 amide bonds. The maximum absolute atomic E-state index is 12.4. The number of rotatable bonds is 7. The third-order valence-electron chi connectivity index (χ3n) is 3.37. The number of fused-ring (bicyclic) bond motifs is 1. The number of hydrogen-bond donors (Lipinski definition) is 1. The molecule has 1 N–H and O–H groups in total. The summed E-state index contributed by atoms with van der Waals surface area (Å²) < 4.78 is 1.89. The molecule has 0 saturated carbocycles. The summed E-state index contributed by atoms with van der Waals surface area (Å²) in [5.74, 6) is -0.0109. The maximum Gasteiger partial charge on any atom is 0.270 e. The standard InChI is InChI=1S/C16H23N3O/c1-3-5-7-11-17-16(20)15-13(9-4-2)18-14-10-6-8-12-19(14)15/h6,8,10,12H,3-5,7,9,11H2,1-2H3,(H,17,20). The minimum atomic E-state index is -0.0109. The van der Waals surface area contributed by atoms with Crippen molar-refractivity contribution >= 4 is 11.6 Å². The summed E-state index contributed by atoms with van der Waals surface area (Å²) in [5.41, 5.74) is 2.43. The van der Waals surface area contributed by atoms with Crippen LogP contribution in [0.5, 0.6) is 0 Å². The zero-order chi connectivity index (χ0) is 14.4. The van der Waals surface area contributed by atoms with Crippen molar-refractivity contribution in [2.24, 2.45) is 0 Å². The molecule has 2 heterocycles. The average molecular weight is 273 g/mol. The van der Waals surface area contributed by atoms with Crippen molar-refractivity contribution < 1.29 is 4.79 Å². The number of pyridine rings is 1. The van der Waals surface area contributed by atoms with Crippen LogP contribution in [0.15, 0.2) is 24.4 Å². The van der Waals surface area contributed by atoms with Crippen LogP contribution in [0.4, 0.5) is 0 Å². The molecule has 0 aromatic carbocycles. The Morgan fingerprint density at radius 3 is 2.85 bits per heavy atom. The van der Waals surface area contributed by atoms with Gasteiger partial charge in [-0.15, -0.1) is 0 Å². The first-order valence-electron chi connectivity index (χ1n) is 7.52. The van der Waals surface area contributed by atoms with E-state index in [1.807, 2.05) is 28.8 Å². The highest BCUT2D eigenvalue weighted by molar-refractivity contribution is 5.94. The van der Waals surface area contributed by atoms with Crippen LogP contribution in [0.3, 0.4) is 0 Å². The van der Waals surface area contributed by atoms with Gasteiger partial charge in [-0.2, -0.15) is 0 Å². The topological polar surface area (TPSA) is 46.4 Å². The Kier molecular flexibility index (Phi) is 5.16. The lowest BCUT2D eigenvalue weighted by molar-refractivity contribution is 0.0946. The molecule has 2 aromatic heterocycles. The largest absolute Gasteiger partial charge is 0.351 e. The van der Waals surface area contributed by atoms with E-state index in [4.69, 9.17) is 0 Å². The molecule has 20 heavy (non-hydrogen) atoms. The van der Waals surface area contributed by atoms with Gasteiger partial charge in [-0.05, 0) is 25.0 Å². The first-order chi connectivity index (χ1) is 9.77. The molecule has 0 radical (unpaired) electrons. The third-order valence-corrected chi connectivity index (χ3v) is 3.37. The molecule has 0 aliphatic heterocycles. The summed E-state index contributed by atoms with van der Waals surface area (Å²) in [4.78, 5) is 17.0. The molecular formula is C16H23N3O. The van der Waals surface area contributed by atoms with Gasteiger partial charge in [-0.3, -0.25) is 9.20 Å². The lowest BCUT2D eigenvalue weighted by atomic mass is 10.2. The van der Waals surface area contributed by atoms with E-state index >= 15 is 0 Å². The summed E-state index contributed by atoms with van der Waals surface area (Å²) in [7, 11) is 0. The second-order valence-corrected chi connectivity index (χ2v) is 5.05. The van der Waals surface area contributed by atoms with Crippen LogP contribution in [0.1, 0.15) is 55.7 Å². The number of unbranched alkanes of at least 4 members (excludes halogenated alkanes) is 2. The van der Waals surface area contributed by atoms with Gasteiger partial charge in [-0.1, -0.05) is 39.2 Å². The summed E-state index contributed by atoms with van der Waals surface area (Å²) in [6.07, 6.45) is 7.06. The van der Waals surface area contributed by atoms with Gasteiger partial charge in [0, 0.05) is 12.7 Å². The van der Waals surface area contributed by atoms with Crippen LogP contribution >= 0.6 is 0 Å². The predicted molar refractivity (Wildman–Crippen MR) is 81.0 cm³/mol. The van der Waals surface area contributed by atoms with Gasteiger partial charge in [0.25, 0.3) is 5.91 Å². The fraction of sp³-hybridized carbons (Fsp3) is 0.500. The average Bonchev–Trinajstić information content (AvgIpc) is 2.82. The molecule has 4 nitrogen and oxygen atoms in total. The molecule has 4 heteroatoms. The van der Waals surface area contributed by atoms with E-state index in [-0.39, 0.29) is 5.91 Å². The van der Waals surface area contributed by atoms with Crippen molar-refractivity contribution in [3.05, 3.63) is 35.8 Å². The molecule has 0 fully saturated rings. The van der Waals surface area contributed by atoms with Gasteiger partial charge in [0.2, 0.25) is 0 Å². The summed E-state index contributed by atoms with van der Waals surface area (Å²) in [5, 5.41) is 3.01. The van der Waals surface area contributed by atoms with E-state index in [2.05, 4.69) is 24.1 Å². The Morgan fingerprint density at radius 2 is 2.10 bits per heavy atom. The number of aryl methyl sites for hydroxylation is 1. The fourth-order valence-corrected chi connectivity index (χ4v) is 2.36. The molecule has 2 rings (SSSR count). The number of hydrogen-bond acceptors (Lipinski definition) is 2.